The molecule has 0 radical (unpaired) electrons. The van der Waals surface area contributed by atoms with Crippen LogP contribution in [-0.4, -0.2) is 53.4 Å². The van der Waals surface area contributed by atoms with Crippen LogP contribution in [0.3, 0.4) is 0 Å². The SMILES string of the molecule is O=C(c1c2c(nc3ccccc13)CCC2)N1CCN(CCc2ccccc2)CC1. The Labute approximate surface area is 172 Å². The van der Waals surface area contributed by atoms with Crippen LogP contribution in [-0.2, 0) is 19.3 Å². The molecule has 4 nitrogen and oxygen atoms in total. The number of hydrogen-bond acceptors (Lipinski definition) is 3. The van der Waals surface area contributed by atoms with Crippen molar-refractivity contribution in [1.29, 1.82) is 0 Å². The Kier molecular flexibility index (Phi) is 5.03. The Morgan fingerprint density at radius 2 is 1.66 bits per heavy atom. The van der Waals surface area contributed by atoms with Crippen molar-refractivity contribution in [2.24, 2.45) is 0 Å². The maximum absolute atomic E-state index is 13.5. The van der Waals surface area contributed by atoms with Gasteiger partial charge in [0.1, 0.15) is 0 Å². The van der Waals surface area contributed by atoms with Crippen molar-refractivity contribution in [3.63, 3.8) is 0 Å². The number of rotatable bonds is 4. The van der Waals surface area contributed by atoms with Gasteiger partial charge < -0.3 is 4.90 Å². The Morgan fingerprint density at radius 1 is 0.897 bits per heavy atom. The standard InChI is InChI=1S/C25H27N3O/c29-25(24-20-9-4-5-11-22(20)26-23-12-6-10-21(23)24)28-17-15-27(16-18-28)14-13-19-7-2-1-3-8-19/h1-5,7-9,11H,6,10,12-18H2. The quantitative estimate of drug-likeness (QED) is 0.687. The molecule has 5 rings (SSSR count). The molecule has 2 aliphatic rings. The summed E-state index contributed by atoms with van der Waals surface area (Å²) in [6.45, 7) is 4.56. The van der Waals surface area contributed by atoms with Crippen LogP contribution in [0.15, 0.2) is 54.6 Å². The number of pyridine rings is 1. The number of carbonyl (C=O) groups is 1. The lowest BCUT2D eigenvalue weighted by Crippen LogP contribution is -2.49. The molecule has 0 saturated carbocycles. The zero-order valence-electron chi connectivity index (χ0n) is 16.8. The Hall–Kier alpha value is -2.72. The fourth-order valence-corrected chi connectivity index (χ4v) is 4.72. The number of piperazine rings is 1. The minimum absolute atomic E-state index is 0.199. The molecule has 0 N–H and O–H groups in total. The molecule has 2 aromatic carbocycles. The molecule has 4 heteroatoms. The minimum atomic E-state index is 0.199. The van der Waals surface area contributed by atoms with Gasteiger partial charge in [0.25, 0.3) is 5.91 Å². The van der Waals surface area contributed by atoms with E-state index < -0.39 is 0 Å². The lowest BCUT2D eigenvalue weighted by Gasteiger charge is -2.35. The van der Waals surface area contributed by atoms with Crippen LogP contribution in [0.25, 0.3) is 10.9 Å². The summed E-state index contributed by atoms with van der Waals surface area (Å²) in [5, 5.41) is 1.02. The summed E-state index contributed by atoms with van der Waals surface area (Å²) in [4.78, 5) is 22.9. The molecule has 1 aliphatic heterocycles. The second-order valence-electron chi connectivity index (χ2n) is 8.15. The van der Waals surface area contributed by atoms with Crippen molar-refractivity contribution < 1.29 is 4.79 Å². The molecule has 2 heterocycles. The van der Waals surface area contributed by atoms with E-state index >= 15 is 0 Å². The maximum Gasteiger partial charge on any atom is 0.254 e. The van der Waals surface area contributed by atoms with E-state index in [4.69, 9.17) is 4.98 Å². The van der Waals surface area contributed by atoms with E-state index in [1.54, 1.807) is 0 Å². The third-order valence-electron chi connectivity index (χ3n) is 6.35. The third-order valence-corrected chi connectivity index (χ3v) is 6.35. The van der Waals surface area contributed by atoms with E-state index in [0.717, 1.165) is 80.6 Å². The number of aromatic nitrogens is 1. The highest BCUT2D eigenvalue weighted by molar-refractivity contribution is 6.07. The van der Waals surface area contributed by atoms with Gasteiger partial charge in [0.05, 0.1) is 11.1 Å². The van der Waals surface area contributed by atoms with Crippen molar-refractivity contribution >= 4 is 16.8 Å². The number of benzene rings is 2. The molecule has 0 atom stereocenters. The van der Waals surface area contributed by atoms with Gasteiger partial charge in [-0.2, -0.15) is 0 Å². The topological polar surface area (TPSA) is 36.4 Å². The number of fused-ring (bicyclic) bond motifs is 2. The lowest BCUT2D eigenvalue weighted by atomic mass is 9.99. The first-order valence-electron chi connectivity index (χ1n) is 10.8. The van der Waals surface area contributed by atoms with Gasteiger partial charge in [0.2, 0.25) is 0 Å². The number of para-hydroxylation sites is 1. The monoisotopic (exact) mass is 385 g/mol. The van der Waals surface area contributed by atoms with Crippen LogP contribution < -0.4 is 0 Å². The van der Waals surface area contributed by atoms with Crippen molar-refractivity contribution in [1.82, 2.24) is 14.8 Å². The highest BCUT2D eigenvalue weighted by Crippen LogP contribution is 2.31. The molecule has 3 aromatic rings. The fourth-order valence-electron chi connectivity index (χ4n) is 4.72. The normalized spacial score (nSPS) is 16.9. The molecule has 1 aromatic heterocycles. The number of aryl methyl sites for hydroxylation is 1. The van der Waals surface area contributed by atoms with Crippen LogP contribution in [0, 0.1) is 0 Å². The zero-order valence-corrected chi connectivity index (χ0v) is 16.8. The Balaban J connectivity index is 1.30. The first-order chi connectivity index (χ1) is 14.3. The van der Waals surface area contributed by atoms with Crippen molar-refractivity contribution in [2.45, 2.75) is 25.7 Å². The molecule has 1 saturated heterocycles. The first kappa shape index (κ1) is 18.3. The highest BCUT2D eigenvalue weighted by Gasteiger charge is 2.28. The molecule has 0 bridgehead atoms. The second kappa shape index (κ2) is 7.96. The smallest absolute Gasteiger partial charge is 0.254 e. The largest absolute Gasteiger partial charge is 0.336 e. The van der Waals surface area contributed by atoms with Crippen LogP contribution in [0.4, 0.5) is 0 Å². The summed E-state index contributed by atoms with van der Waals surface area (Å²) in [6, 6.07) is 18.8. The van der Waals surface area contributed by atoms with Gasteiger partial charge in [0.15, 0.2) is 0 Å². The van der Waals surface area contributed by atoms with Crippen LogP contribution in [0.2, 0.25) is 0 Å². The fraction of sp³-hybridized carbons (Fsp3) is 0.360. The average molecular weight is 386 g/mol. The van der Waals surface area contributed by atoms with Gasteiger partial charge in [-0.05, 0) is 42.9 Å². The molecule has 0 spiro atoms. The molecule has 148 valence electrons. The minimum Gasteiger partial charge on any atom is -0.336 e. The zero-order chi connectivity index (χ0) is 19.6. The molecular weight excluding hydrogens is 358 g/mol. The average Bonchev–Trinajstić information content (AvgIpc) is 3.24. The summed E-state index contributed by atoms with van der Waals surface area (Å²) >= 11 is 0. The number of carbonyl (C=O) groups excluding carboxylic acids is 1. The van der Waals surface area contributed by atoms with Gasteiger partial charge in [-0.1, -0.05) is 48.5 Å². The molecule has 0 unspecified atom stereocenters. The van der Waals surface area contributed by atoms with E-state index in [0.29, 0.717) is 0 Å². The summed E-state index contributed by atoms with van der Waals surface area (Å²) in [6.07, 6.45) is 4.14. The summed E-state index contributed by atoms with van der Waals surface area (Å²) in [5.74, 6) is 0.199. The Bertz CT molecular complexity index is 1020. The summed E-state index contributed by atoms with van der Waals surface area (Å²) < 4.78 is 0. The predicted molar refractivity (Wildman–Crippen MR) is 116 cm³/mol. The van der Waals surface area contributed by atoms with Gasteiger partial charge in [-0.25, -0.2) is 0 Å². The lowest BCUT2D eigenvalue weighted by molar-refractivity contribution is 0.0639. The van der Waals surface area contributed by atoms with E-state index in [1.807, 2.05) is 18.2 Å². The van der Waals surface area contributed by atoms with Crippen molar-refractivity contribution in [2.75, 3.05) is 32.7 Å². The Morgan fingerprint density at radius 3 is 2.48 bits per heavy atom. The molecule has 1 fully saturated rings. The maximum atomic E-state index is 13.5. The number of hydrogen-bond donors (Lipinski definition) is 0. The van der Waals surface area contributed by atoms with Gasteiger partial charge >= 0.3 is 0 Å². The highest BCUT2D eigenvalue weighted by atomic mass is 16.2. The van der Waals surface area contributed by atoms with Crippen LogP contribution in [0.5, 0.6) is 0 Å². The van der Waals surface area contributed by atoms with E-state index in [9.17, 15) is 4.79 Å². The third kappa shape index (κ3) is 3.65. The summed E-state index contributed by atoms with van der Waals surface area (Å²) in [5.41, 5.74) is 5.58. The molecule has 1 aliphatic carbocycles. The van der Waals surface area contributed by atoms with Crippen LogP contribution in [0.1, 0.15) is 33.6 Å². The predicted octanol–water partition coefficient (Wildman–Crippen LogP) is 3.72. The van der Waals surface area contributed by atoms with E-state index in [2.05, 4.69) is 46.2 Å². The van der Waals surface area contributed by atoms with Crippen molar-refractivity contribution in [3.8, 4) is 0 Å². The van der Waals surface area contributed by atoms with E-state index in [-0.39, 0.29) is 5.91 Å². The number of amides is 1. The number of nitrogens with zero attached hydrogens (tertiary/aromatic N) is 3. The van der Waals surface area contributed by atoms with Crippen molar-refractivity contribution in [3.05, 3.63) is 77.0 Å². The first-order valence-corrected chi connectivity index (χ1v) is 10.8. The van der Waals surface area contributed by atoms with Gasteiger partial charge in [-0.3, -0.25) is 14.7 Å². The molecular formula is C25H27N3O. The second-order valence-corrected chi connectivity index (χ2v) is 8.15. The van der Waals surface area contributed by atoms with Gasteiger partial charge in [-0.15, -0.1) is 0 Å². The summed E-state index contributed by atoms with van der Waals surface area (Å²) in [7, 11) is 0. The van der Waals surface area contributed by atoms with E-state index in [1.165, 1.54) is 11.1 Å². The molecule has 29 heavy (non-hydrogen) atoms. The van der Waals surface area contributed by atoms with Crippen LogP contribution >= 0.6 is 0 Å². The molecule has 1 amide bonds. The van der Waals surface area contributed by atoms with Gasteiger partial charge in [0, 0.05) is 43.8 Å².